The Morgan fingerprint density at radius 1 is 1.07 bits per heavy atom. The van der Waals surface area contributed by atoms with Crippen molar-refractivity contribution < 1.29 is 22.0 Å². The van der Waals surface area contributed by atoms with Gasteiger partial charge in [0.2, 0.25) is 5.78 Å². The summed E-state index contributed by atoms with van der Waals surface area (Å²) in [7, 11) is -2.69. The fraction of sp³-hybridized carbons (Fsp3) is 0.296. The first-order chi connectivity index (χ1) is 19.2. The maximum Gasteiger partial charge on any atom is 0.301 e. The van der Waals surface area contributed by atoms with E-state index in [2.05, 4.69) is 29.9 Å². The second-order valence-electron chi connectivity index (χ2n) is 9.93. The van der Waals surface area contributed by atoms with Crippen molar-refractivity contribution in [2.75, 3.05) is 42.8 Å². The summed E-state index contributed by atoms with van der Waals surface area (Å²) in [6.45, 7) is 3.51. The van der Waals surface area contributed by atoms with Crippen molar-refractivity contribution in [3.8, 4) is 11.1 Å². The molecule has 4 heterocycles. The lowest BCUT2D eigenvalue weighted by Gasteiger charge is -2.28. The lowest BCUT2D eigenvalue weighted by Crippen LogP contribution is -2.43. The molecule has 2 aliphatic rings. The Morgan fingerprint density at radius 3 is 2.52 bits per heavy atom. The summed E-state index contributed by atoms with van der Waals surface area (Å²) in [5, 5.41) is 3.67. The fourth-order valence-electron chi connectivity index (χ4n) is 4.81. The molecule has 40 heavy (non-hydrogen) atoms. The number of benzene rings is 1. The van der Waals surface area contributed by atoms with Gasteiger partial charge in [-0.2, -0.15) is 12.7 Å². The van der Waals surface area contributed by atoms with Crippen molar-refractivity contribution >= 4 is 38.5 Å². The molecule has 1 saturated heterocycles. The highest BCUT2D eigenvalue weighted by atomic mass is 32.2. The van der Waals surface area contributed by atoms with Crippen LogP contribution < -0.4 is 14.9 Å². The lowest BCUT2D eigenvalue weighted by molar-refractivity contribution is 0.103. The standard InChI is InChI=1S/C27H27F2N7O3S/c1-35(18-3-4-18)40(38,39)34-22-6-5-21(28)24(25(22)29)26(37)20-15-33-27-19(20)12-17(14-32-27)16-2-7-23(31-13-16)36-10-8-30-9-11-36/h2,5-7,12-15,18,30,34H,3-4,8-11H2,1H3,(H,32,33). The molecule has 2 fully saturated rings. The van der Waals surface area contributed by atoms with Crippen molar-refractivity contribution in [2.24, 2.45) is 0 Å². The first kappa shape index (κ1) is 26.3. The van der Waals surface area contributed by atoms with Crippen LogP contribution in [0.2, 0.25) is 0 Å². The minimum absolute atomic E-state index is 0.00246. The van der Waals surface area contributed by atoms with Crippen molar-refractivity contribution in [3.05, 3.63) is 71.7 Å². The molecular weight excluding hydrogens is 540 g/mol. The van der Waals surface area contributed by atoms with Gasteiger partial charge in [0.1, 0.15) is 17.3 Å². The van der Waals surface area contributed by atoms with Crippen LogP contribution in [0.3, 0.4) is 0 Å². The van der Waals surface area contributed by atoms with Gasteiger partial charge in [0.15, 0.2) is 5.82 Å². The van der Waals surface area contributed by atoms with Gasteiger partial charge in [0.25, 0.3) is 0 Å². The third-order valence-corrected chi connectivity index (χ3v) is 8.83. The number of aromatic amines is 1. The predicted octanol–water partition coefficient (Wildman–Crippen LogP) is 3.29. The van der Waals surface area contributed by atoms with Crippen LogP contribution >= 0.6 is 0 Å². The SMILES string of the molecule is CN(C1CC1)S(=O)(=O)Nc1ccc(F)c(C(=O)c2c[nH]c3ncc(-c4ccc(N5CCNCC5)nc4)cc23)c1F. The third-order valence-electron chi connectivity index (χ3n) is 7.30. The molecule has 1 saturated carbocycles. The summed E-state index contributed by atoms with van der Waals surface area (Å²) in [5.41, 5.74) is 0.436. The van der Waals surface area contributed by atoms with Crippen LogP contribution in [0.1, 0.15) is 28.8 Å². The van der Waals surface area contributed by atoms with E-state index < -0.39 is 38.9 Å². The van der Waals surface area contributed by atoms with Gasteiger partial charge in [0, 0.05) is 79.9 Å². The van der Waals surface area contributed by atoms with Crippen molar-refractivity contribution in [3.63, 3.8) is 0 Å². The van der Waals surface area contributed by atoms with Gasteiger partial charge in [0.05, 0.1) is 11.3 Å². The molecule has 3 aromatic heterocycles. The number of anilines is 2. The molecule has 208 valence electrons. The normalized spacial score (nSPS) is 16.1. The highest BCUT2D eigenvalue weighted by molar-refractivity contribution is 7.90. The number of aromatic nitrogens is 3. The zero-order valence-electron chi connectivity index (χ0n) is 21.6. The second kappa shape index (κ2) is 10.2. The number of fused-ring (bicyclic) bond motifs is 1. The average molecular weight is 568 g/mol. The summed E-state index contributed by atoms with van der Waals surface area (Å²) in [6, 6.07) is 7.21. The van der Waals surface area contributed by atoms with Gasteiger partial charge in [-0.05, 0) is 43.2 Å². The van der Waals surface area contributed by atoms with Crippen LogP contribution in [0.15, 0.2) is 48.9 Å². The van der Waals surface area contributed by atoms with E-state index in [4.69, 9.17) is 0 Å². The number of carbonyl (C=O) groups is 1. The molecule has 0 unspecified atom stereocenters. The van der Waals surface area contributed by atoms with Gasteiger partial charge in [-0.1, -0.05) is 0 Å². The van der Waals surface area contributed by atoms with Crippen LogP contribution in [0.5, 0.6) is 0 Å². The van der Waals surface area contributed by atoms with Crippen LogP contribution in [0.25, 0.3) is 22.2 Å². The summed E-state index contributed by atoms with van der Waals surface area (Å²) in [6.07, 6.45) is 6.11. The summed E-state index contributed by atoms with van der Waals surface area (Å²) >= 11 is 0. The molecule has 0 amide bonds. The lowest BCUT2D eigenvalue weighted by atomic mass is 10.00. The molecule has 0 bridgehead atoms. The molecule has 6 rings (SSSR count). The molecule has 4 aromatic rings. The number of nitrogens with one attached hydrogen (secondary N) is 3. The number of halogens is 2. The van der Waals surface area contributed by atoms with Crippen molar-refractivity contribution in [2.45, 2.75) is 18.9 Å². The number of piperazine rings is 1. The highest BCUT2D eigenvalue weighted by Crippen LogP contribution is 2.32. The number of rotatable bonds is 8. The van der Waals surface area contributed by atoms with Gasteiger partial charge in [-0.3, -0.25) is 9.52 Å². The largest absolute Gasteiger partial charge is 0.354 e. The van der Waals surface area contributed by atoms with Crippen LogP contribution in [-0.4, -0.2) is 72.7 Å². The molecule has 13 heteroatoms. The minimum Gasteiger partial charge on any atom is -0.354 e. The van der Waals surface area contributed by atoms with Crippen molar-refractivity contribution in [1.29, 1.82) is 0 Å². The first-order valence-electron chi connectivity index (χ1n) is 12.9. The van der Waals surface area contributed by atoms with Crippen molar-refractivity contribution in [1.82, 2.24) is 24.6 Å². The molecule has 0 spiro atoms. The zero-order valence-corrected chi connectivity index (χ0v) is 22.4. The van der Waals surface area contributed by atoms with E-state index in [1.54, 1.807) is 18.5 Å². The van der Waals surface area contributed by atoms with E-state index in [1.165, 1.54) is 13.2 Å². The molecule has 1 aliphatic carbocycles. The smallest absolute Gasteiger partial charge is 0.301 e. The zero-order chi connectivity index (χ0) is 28.0. The Labute approximate surface area is 229 Å². The average Bonchev–Trinajstić information content (AvgIpc) is 3.73. The van der Waals surface area contributed by atoms with E-state index in [9.17, 15) is 17.6 Å². The molecule has 1 aliphatic heterocycles. The molecule has 1 aromatic carbocycles. The Kier molecular flexibility index (Phi) is 6.72. The van der Waals surface area contributed by atoms with Gasteiger partial charge < -0.3 is 15.2 Å². The van der Waals surface area contributed by atoms with Crippen LogP contribution in [0.4, 0.5) is 20.3 Å². The predicted molar refractivity (Wildman–Crippen MR) is 148 cm³/mol. The van der Waals surface area contributed by atoms with Gasteiger partial charge in [-0.25, -0.2) is 18.7 Å². The summed E-state index contributed by atoms with van der Waals surface area (Å²) in [5.74, 6) is -2.47. The second-order valence-corrected chi connectivity index (χ2v) is 11.7. The first-order valence-corrected chi connectivity index (χ1v) is 14.3. The topological polar surface area (TPSA) is 123 Å². The monoisotopic (exact) mass is 567 g/mol. The quantitative estimate of drug-likeness (QED) is 0.279. The van der Waals surface area contributed by atoms with E-state index in [0.717, 1.165) is 54.0 Å². The fourth-order valence-corrected chi connectivity index (χ4v) is 5.99. The number of H-pyrrole nitrogens is 1. The van der Waals surface area contributed by atoms with E-state index in [-0.39, 0.29) is 11.6 Å². The molecule has 10 nitrogen and oxygen atoms in total. The molecular formula is C27H27F2N7O3S. The summed E-state index contributed by atoms with van der Waals surface area (Å²) in [4.78, 5) is 27.5. The molecule has 3 N–H and O–H groups in total. The van der Waals surface area contributed by atoms with E-state index in [1.807, 2.05) is 12.1 Å². The maximum atomic E-state index is 15.5. The van der Waals surface area contributed by atoms with Crippen LogP contribution in [-0.2, 0) is 10.2 Å². The number of carbonyl (C=O) groups excluding carboxylic acids is 1. The number of nitrogens with zero attached hydrogens (tertiary/aromatic N) is 4. The number of hydrogen-bond acceptors (Lipinski definition) is 7. The van der Waals surface area contributed by atoms with E-state index >= 15 is 4.39 Å². The maximum absolute atomic E-state index is 15.5. The molecule has 0 atom stereocenters. The van der Waals surface area contributed by atoms with Gasteiger partial charge in [-0.15, -0.1) is 0 Å². The Hall–Kier alpha value is -3.94. The number of pyridine rings is 2. The van der Waals surface area contributed by atoms with E-state index in [0.29, 0.717) is 29.4 Å². The minimum atomic E-state index is -4.08. The third kappa shape index (κ3) is 4.91. The summed E-state index contributed by atoms with van der Waals surface area (Å²) < 4.78 is 58.8. The number of ketones is 1. The highest BCUT2D eigenvalue weighted by Gasteiger charge is 2.35. The number of hydrogen-bond donors (Lipinski definition) is 3. The Bertz CT molecular complexity index is 1700. The van der Waals surface area contributed by atoms with Gasteiger partial charge >= 0.3 is 10.2 Å². The molecule has 0 radical (unpaired) electrons. The Balaban J connectivity index is 1.31. The Morgan fingerprint density at radius 2 is 1.82 bits per heavy atom. The van der Waals surface area contributed by atoms with Crippen LogP contribution in [0, 0.1) is 11.6 Å².